The van der Waals surface area contributed by atoms with Gasteiger partial charge in [0.1, 0.15) is 0 Å². The van der Waals surface area contributed by atoms with E-state index in [1.165, 1.54) is 57.8 Å². The highest BCUT2D eigenvalue weighted by Crippen LogP contribution is 2.09. The van der Waals surface area contributed by atoms with Crippen molar-refractivity contribution in [1.29, 1.82) is 0 Å². The number of ether oxygens (including phenoxy) is 1. The largest absolute Gasteiger partial charge is 0.396 e. The Morgan fingerprint density at radius 3 is 1.26 bits per heavy atom. The van der Waals surface area contributed by atoms with Gasteiger partial charge in [0.15, 0.2) is 0 Å². The van der Waals surface area contributed by atoms with E-state index in [1.54, 1.807) is 0 Å². The molecule has 0 saturated carbocycles. The first-order valence-corrected chi connectivity index (χ1v) is 8.01. The second-order valence-corrected chi connectivity index (χ2v) is 4.69. The Morgan fingerprint density at radius 2 is 1.00 bits per heavy atom. The third-order valence-electron chi connectivity index (χ3n) is 2.92. The fraction of sp³-hybridized carbons (Fsp3) is 1.00. The van der Waals surface area contributed by atoms with Crippen molar-refractivity contribution in [2.45, 2.75) is 85.0 Å². The number of unbranched alkanes of at least 4 members (excludes halogenated alkanes) is 9. The number of hydrogen-bond acceptors (Lipinski definition) is 3. The molecule has 120 valence electrons. The first-order chi connectivity index (χ1) is 8.83. The van der Waals surface area contributed by atoms with Crippen molar-refractivity contribution in [2.75, 3.05) is 19.8 Å². The molecule has 0 aromatic carbocycles. The summed E-state index contributed by atoms with van der Waals surface area (Å²) in [5.41, 5.74) is 0. The van der Waals surface area contributed by atoms with Crippen molar-refractivity contribution in [2.24, 2.45) is 0 Å². The van der Waals surface area contributed by atoms with Crippen LogP contribution in [0, 0.1) is 0 Å². The lowest BCUT2D eigenvalue weighted by Crippen LogP contribution is -1.84. The number of aliphatic hydroxyl groups is 1. The summed E-state index contributed by atoms with van der Waals surface area (Å²) in [6, 6.07) is 0. The summed E-state index contributed by atoms with van der Waals surface area (Å²) in [5.74, 6) is 0. The highest BCUT2D eigenvalue weighted by molar-refractivity contribution is 4.46. The number of hydrogen-bond donors (Lipinski definition) is 2. The van der Waals surface area contributed by atoms with E-state index in [-0.39, 0.29) is 6.15 Å². The van der Waals surface area contributed by atoms with Gasteiger partial charge in [-0.1, -0.05) is 64.7 Å². The van der Waals surface area contributed by atoms with Gasteiger partial charge in [-0.2, -0.15) is 0 Å². The van der Waals surface area contributed by atoms with Crippen molar-refractivity contribution >= 4 is 0 Å². The van der Waals surface area contributed by atoms with Crippen LogP contribution in [0.15, 0.2) is 0 Å². The first-order valence-electron chi connectivity index (χ1n) is 8.01. The Kier molecular flexibility index (Phi) is 33.3. The van der Waals surface area contributed by atoms with Crippen LogP contribution < -0.4 is 6.15 Å². The molecule has 0 spiro atoms. The normalized spacial score (nSPS) is 9.47. The van der Waals surface area contributed by atoms with E-state index in [9.17, 15) is 0 Å². The Labute approximate surface area is 121 Å². The molecule has 0 fully saturated rings. The molecule has 19 heavy (non-hydrogen) atoms. The lowest BCUT2D eigenvalue weighted by atomic mass is 10.1. The van der Waals surface area contributed by atoms with Crippen LogP contribution in [0.4, 0.5) is 0 Å². The molecule has 4 N–H and O–H groups in total. The van der Waals surface area contributed by atoms with E-state index in [1.807, 2.05) is 13.8 Å². The molecular weight excluding hydrogens is 238 g/mol. The second-order valence-electron chi connectivity index (χ2n) is 4.69. The molecule has 0 atom stereocenters. The molecule has 0 saturated heterocycles. The molecule has 0 amide bonds. The second kappa shape index (κ2) is 26.4. The molecule has 3 nitrogen and oxygen atoms in total. The molecule has 0 aliphatic heterocycles. The molecular formula is C16H39NO2. The van der Waals surface area contributed by atoms with Gasteiger partial charge in [-0.25, -0.2) is 0 Å². The maximum atomic E-state index is 8.57. The van der Waals surface area contributed by atoms with Gasteiger partial charge < -0.3 is 16.0 Å². The van der Waals surface area contributed by atoms with Crippen LogP contribution >= 0.6 is 0 Å². The van der Waals surface area contributed by atoms with Crippen molar-refractivity contribution in [1.82, 2.24) is 6.15 Å². The van der Waals surface area contributed by atoms with E-state index in [0.717, 1.165) is 19.6 Å². The summed E-state index contributed by atoms with van der Waals surface area (Å²) in [7, 11) is 0. The fourth-order valence-electron chi connectivity index (χ4n) is 1.80. The van der Waals surface area contributed by atoms with E-state index in [2.05, 4.69) is 6.92 Å². The zero-order valence-electron chi connectivity index (χ0n) is 13.8. The first kappa shape index (κ1) is 23.9. The summed E-state index contributed by atoms with van der Waals surface area (Å²) in [5, 5.41) is 8.57. The molecule has 3 heteroatoms. The molecule has 0 rings (SSSR count). The van der Waals surface area contributed by atoms with Crippen LogP contribution in [-0.2, 0) is 4.74 Å². The smallest absolute Gasteiger partial charge is 0.0437 e. The van der Waals surface area contributed by atoms with Crippen LogP contribution in [0.2, 0.25) is 0 Å². The molecule has 0 aromatic heterocycles. The Balaban J connectivity index is -0.000000366. The van der Waals surface area contributed by atoms with Crippen molar-refractivity contribution in [3.8, 4) is 0 Å². The van der Waals surface area contributed by atoms with Crippen molar-refractivity contribution in [3.63, 3.8) is 0 Å². The van der Waals surface area contributed by atoms with E-state index < -0.39 is 0 Å². The maximum absolute atomic E-state index is 8.57. The topological polar surface area (TPSA) is 64.5 Å². The van der Waals surface area contributed by atoms with Gasteiger partial charge in [0.05, 0.1) is 0 Å². The zero-order chi connectivity index (χ0) is 13.9. The quantitative estimate of drug-likeness (QED) is 0.487. The van der Waals surface area contributed by atoms with Crippen LogP contribution in [0.5, 0.6) is 0 Å². The molecule has 0 aliphatic carbocycles. The number of aliphatic hydroxyl groups excluding tert-OH is 1. The third kappa shape index (κ3) is 31.9. The number of rotatable bonds is 12. The average molecular weight is 277 g/mol. The van der Waals surface area contributed by atoms with E-state index in [4.69, 9.17) is 9.84 Å². The predicted octanol–water partition coefficient (Wildman–Crippen LogP) is 5.10. The third-order valence-corrected chi connectivity index (χ3v) is 2.92. The van der Waals surface area contributed by atoms with Gasteiger partial charge >= 0.3 is 0 Å². The monoisotopic (exact) mass is 277 g/mol. The van der Waals surface area contributed by atoms with Gasteiger partial charge in [-0.15, -0.1) is 0 Å². The van der Waals surface area contributed by atoms with Gasteiger partial charge in [-0.3, -0.25) is 0 Å². The molecule has 0 unspecified atom stereocenters. The molecule has 0 heterocycles. The van der Waals surface area contributed by atoms with Gasteiger partial charge in [0.2, 0.25) is 0 Å². The SMILES string of the molecule is CCCCCCCCCCCCO.CCOCC.N. The minimum absolute atomic E-state index is 0. The van der Waals surface area contributed by atoms with Crippen molar-refractivity contribution in [3.05, 3.63) is 0 Å². The van der Waals surface area contributed by atoms with Gasteiger partial charge in [0.25, 0.3) is 0 Å². The van der Waals surface area contributed by atoms with Crippen LogP contribution in [0.25, 0.3) is 0 Å². The fourth-order valence-corrected chi connectivity index (χ4v) is 1.80. The highest BCUT2D eigenvalue weighted by atomic mass is 16.5. The molecule has 0 aromatic rings. The molecule has 0 bridgehead atoms. The van der Waals surface area contributed by atoms with E-state index in [0.29, 0.717) is 6.61 Å². The highest BCUT2D eigenvalue weighted by Gasteiger charge is 1.91. The van der Waals surface area contributed by atoms with E-state index >= 15 is 0 Å². The van der Waals surface area contributed by atoms with Gasteiger partial charge in [-0.05, 0) is 20.3 Å². The summed E-state index contributed by atoms with van der Waals surface area (Å²) in [6.07, 6.45) is 13.3. The van der Waals surface area contributed by atoms with Crippen LogP contribution in [0.1, 0.15) is 85.0 Å². The minimum Gasteiger partial charge on any atom is -0.396 e. The summed E-state index contributed by atoms with van der Waals surface area (Å²) in [6.45, 7) is 8.30. The Hall–Kier alpha value is -0.120. The van der Waals surface area contributed by atoms with Crippen LogP contribution in [-0.4, -0.2) is 24.9 Å². The van der Waals surface area contributed by atoms with Gasteiger partial charge in [0, 0.05) is 19.8 Å². The standard InChI is InChI=1S/C12H26O.C4H10O.H3N/c1-2-3-4-5-6-7-8-9-10-11-12-13;1-3-5-4-2;/h13H,2-12H2,1H3;3-4H2,1-2H3;1H3. The van der Waals surface area contributed by atoms with Crippen LogP contribution in [0.3, 0.4) is 0 Å². The minimum atomic E-state index is 0. The summed E-state index contributed by atoms with van der Waals surface area (Å²) >= 11 is 0. The summed E-state index contributed by atoms with van der Waals surface area (Å²) < 4.78 is 4.83. The Morgan fingerprint density at radius 1 is 0.632 bits per heavy atom. The Bertz CT molecular complexity index is 109. The maximum Gasteiger partial charge on any atom is 0.0437 e. The van der Waals surface area contributed by atoms with Crippen molar-refractivity contribution < 1.29 is 9.84 Å². The zero-order valence-corrected chi connectivity index (χ0v) is 13.8. The lowest BCUT2D eigenvalue weighted by Gasteiger charge is -2.00. The molecule has 0 radical (unpaired) electrons. The average Bonchev–Trinajstić information content (AvgIpc) is 2.39. The summed E-state index contributed by atoms with van der Waals surface area (Å²) in [4.78, 5) is 0. The molecule has 0 aliphatic rings. The lowest BCUT2D eigenvalue weighted by molar-refractivity contribution is 0.162. The predicted molar refractivity (Wildman–Crippen MR) is 86.1 cm³/mol.